The third-order valence-corrected chi connectivity index (χ3v) is 2.62. The summed E-state index contributed by atoms with van der Waals surface area (Å²) < 4.78 is 38.8. The van der Waals surface area contributed by atoms with Crippen molar-refractivity contribution in [3.63, 3.8) is 0 Å². The molecule has 0 radical (unpaired) electrons. The molecule has 114 valence electrons. The van der Waals surface area contributed by atoms with Crippen LogP contribution in [0.15, 0.2) is 0 Å². The summed E-state index contributed by atoms with van der Waals surface area (Å²) in [4.78, 5) is 13.7. The van der Waals surface area contributed by atoms with E-state index in [4.69, 9.17) is 5.11 Å². The lowest BCUT2D eigenvalue weighted by molar-refractivity contribution is -0.145. The zero-order valence-corrected chi connectivity index (χ0v) is 11.1. The van der Waals surface area contributed by atoms with Gasteiger partial charge in [0, 0.05) is 6.54 Å². The lowest BCUT2D eigenvalue weighted by Gasteiger charge is -2.05. The topological polar surface area (TPSA) is 80.0 Å². The Balaban J connectivity index is 2.77. The number of rotatable bonds is 7. The first-order valence-electron chi connectivity index (χ1n) is 6.32. The van der Waals surface area contributed by atoms with Crippen LogP contribution < -0.4 is 5.32 Å². The summed E-state index contributed by atoms with van der Waals surface area (Å²) in [6.07, 6.45) is -2.40. The van der Waals surface area contributed by atoms with Crippen LogP contribution in [0.2, 0.25) is 0 Å². The SMILES string of the molecule is CCCCCCn1nc(C(F)(F)F)nc1CNC(=O)O. The van der Waals surface area contributed by atoms with Gasteiger partial charge in [-0.25, -0.2) is 14.5 Å². The number of halogens is 3. The average molecular weight is 294 g/mol. The minimum Gasteiger partial charge on any atom is -0.465 e. The van der Waals surface area contributed by atoms with Gasteiger partial charge in [-0.3, -0.25) is 0 Å². The van der Waals surface area contributed by atoms with E-state index in [2.05, 4.69) is 10.1 Å². The van der Waals surface area contributed by atoms with Gasteiger partial charge in [-0.15, -0.1) is 5.10 Å². The maximum Gasteiger partial charge on any atom is 0.453 e. The van der Waals surface area contributed by atoms with Gasteiger partial charge in [0.2, 0.25) is 0 Å². The molecule has 2 N–H and O–H groups in total. The molecule has 0 spiro atoms. The Bertz CT molecular complexity index is 445. The number of alkyl halides is 3. The van der Waals surface area contributed by atoms with Crippen molar-refractivity contribution in [3.8, 4) is 0 Å². The normalized spacial score (nSPS) is 11.6. The van der Waals surface area contributed by atoms with Crippen molar-refractivity contribution in [1.29, 1.82) is 0 Å². The molecule has 1 aromatic rings. The van der Waals surface area contributed by atoms with Gasteiger partial charge in [-0.2, -0.15) is 13.2 Å². The summed E-state index contributed by atoms with van der Waals surface area (Å²) in [6, 6.07) is 0. The van der Waals surface area contributed by atoms with Gasteiger partial charge in [0.1, 0.15) is 5.82 Å². The van der Waals surface area contributed by atoms with Crippen LogP contribution >= 0.6 is 0 Å². The smallest absolute Gasteiger partial charge is 0.453 e. The number of hydrogen-bond acceptors (Lipinski definition) is 3. The molecule has 0 aliphatic heterocycles. The summed E-state index contributed by atoms with van der Waals surface area (Å²) >= 11 is 0. The van der Waals surface area contributed by atoms with E-state index in [1.807, 2.05) is 12.2 Å². The summed E-state index contributed by atoms with van der Waals surface area (Å²) in [5, 5.41) is 13.9. The highest BCUT2D eigenvalue weighted by atomic mass is 19.4. The molecule has 0 aliphatic carbocycles. The number of amides is 1. The Labute approximate surface area is 114 Å². The summed E-state index contributed by atoms with van der Waals surface area (Å²) in [5.74, 6) is -1.27. The van der Waals surface area contributed by atoms with Gasteiger partial charge in [0.25, 0.3) is 5.82 Å². The van der Waals surface area contributed by atoms with Gasteiger partial charge >= 0.3 is 12.3 Å². The maximum absolute atomic E-state index is 12.5. The molecule has 0 aliphatic rings. The Kier molecular flexibility index (Phi) is 5.78. The third kappa shape index (κ3) is 5.06. The highest BCUT2D eigenvalue weighted by Crippen LogP contribution is 2.26. The second-order valence-electron chi connectivity index (χ2n) is 4.29. The molecule has 1 amide bonds. The molecule has 0 bridgehead atoms. The molecule has 1 aromatic heterocycles. The number of nitrogens with one attached hydrogen (secondary N) is 1. The standard InChI is InChI=1S/C11H17F3N4O2/c1-2-3-4-5-6-18-8(7-15-10(19)20)16-9(17-18)11(12,13)14/h15H,2-7H2,1H3,(H,19,20). The second kappa shape index (κ2) is 7.11. The van der Waals surface area contributed by atoms with E-state index >= 15 is 0 Å². The number of aryl methyl sites for hydroxylation is 1. The highest BCUT2D eigenvalue weighted by molar-refractivity contribution is 5.64. The van der Waals surface area contributed by atoms with E-state index in [1.54, 1.807) is 0 Å². The molecule has 0 aromatic carbocycles. The van der Waals surface area contributed by atoms with Gasteiger partial charge < -0.3 is 10.4 Å². The van der Waals surface area contributed by atoms with E-state index in [9.17, 15) is 18.0 Å². The van der Waals surface area contributed by atoms with Crippen molar-refractivity contribution in [2.24, 2.45) is 0 Å². The number of hydrogen-bond donors (Lipinski definition) is 2. The lowest BCUT2D eigenvalue weighted by Crippen LogP contribution is -2.22. The minimum atomic E-state index is -4.63. The van der Waals surface area contributed by atoms with Crippen molar-refractivity contribution >= 4 is 6.09 Å². The molecule has 0 saturated heterocycles. The predicted molar refractivity (Wildman–Crippen MR) is 64.0 cm³/mol. The summed E-state index contributed by atoms with van der Waals surface area (Å²) in [6.45, 7) is 2.02. The molecular formula is C11H17F3N4O2. The summed E-state index contributed by atoms with van der Waals surface area (Å²) in [5.41, 5.74) is 0. The van der Waals surface area contributed by atoms with Crippen LogP contribution in [-0.2, 0) is 19.3 Å². The van der Waals surface area contributed by atoms with Crippen molar-refractivity contribution in [2.75, 3.05) is 0 Å². The molecule has 0 saturated carbocycles. The Hall–Kier alpha value is -1.80. The van der Waals surface area contributed by atoms with Crippen molar-refractivity contribution in [3.05, 3.63) is 11.6 Å². The molecule has 0 atom stereocenters. The predicted octanol–water partition coefficient (Wildman–Crippen LogP) is 2.64. The molecule has 6 nitrogen and oxygen atoms in total. The molecule has 9 heteroatoms. The fraction of sp³-hybridized carbons (Fsp3) is 0.727. The van der Waals surface area contributed by atoms with Crippen molar-refractivity contribution < 1.29 is 23.1 Å². The van der Waals surface area contributed by atoms with Crippen LogP contribution in [-0.4, -0.2) is 26.0 Å². The van der Waals surface area contributed by atoms with Gasteiger partial charge in [0.05, 0.1) is 6.54 Å². The quantitative estimate of drug-likeness (QED) is 0.758. The van der Waals surface area contributed by atoms with Gasteiger partial charge in [0.15, 0.2) is 0 Å². The zero-order chi connectivity index (χ0) is 15.2. The molecule has 1 rings (SSSR count). The maximum atomic E-state index is 12.5. The van der Waals surface area contributed by atoms with Crippen molar-refractivity contribution in [1.82, 2.24) is 20.1 Å². The average Bonchev–Trinajstić information content (AvgIpc) is 2.75. The first kappa shape index (κ1) is 16.3. The number of aromatic nitrogens is 3. The second-order valence-corrected chi connectivity index (χ2v) is 4.29. The van der Waals surface area contributed by atoms with Crippen LogP contribution in [0, 0.1) is 0 Å². The molecule has 0 unspecified atom stereocenters. The van der Waals surface area contributed by atoms with Gasteiger partial charge in [-0.05, 0) is 6.42 Å². The highest BCUT2D eigenvalue weighted by Gasteiger charge is 2.37. The largest absolute Gasteiger partial charge is 0.465 e. The monoisotopic (exact) mass is 294 g/mol. The van der Waals surface area contributed by atoms with E-state index < -0.39 is 18.1 Å². The third-order valence-electron chi connectivity index (χ3n) is 2.62. The Morgan fingerprint density at radius 3 is 2.60 bits per heavy atom. The van der Waals surface area contributed by atoms with Crippen molar-refractivity contribution in [2.45, 2.75) is 51.9 Å². The van der Waals surface area contributed by atoms with E-state index in [0.717, 1.165) is 23.9 Å². The van der Waals surface area contributed by atoms with Crippen LogP contribution in [0.4, 0.5) is 18.0 Å². The van der Waals surface area contributed by atoms with E-state index in [0.29, 0.717) is 13.0 Å². The molecular weight excluding hydrogens is 277 g/mol. The fourth-order valence-electron chi connectivity index (χ4n) is 1.65. The first-order chi connectivity index (χ1) is 9.34. The Morgan fingerprint density at radius 1 is 1.35 bits per heavy atom. The number of carbonyl (C=O) groups is 1. The Morgan fingerprint density at radius 2 is 2.05 bits per heavy atom. The first-order valence-corrected chi connectivity index (χ1v) is 6.32. The fourth-order valence-corrected chi connectivity index (χ4v) is 1.65. The number of unbranched alkanes of at least 4 members (excludes halogenated alkanes) is 3. The molecule has 0 fully saturated rings. The van der Waals surface area contributed by atoms with Crippen LogP contribution in [0.5, 0.6) is 0 Å². The minimum absolute atomic E-state index is 0.0313. The number of carboxylic acid groups (broad SMARTS) is 1. The number of nitrogens with zero attached hydrogens (tertiary/aromatic N) is 3. The van der Waals surface area contributed by atoms with E-state index in [-0.39, 0.29) is 12.4 Å². The van der Waals surface area contributed by atoms with Crippen LogP contribution in [0.1, 0.15) is 44.3 Å². The van der Waals surface area contributed by atoms with Gasteiger partial charge in [-0.1, -0.05) is 26.2 Å². The lowest BCUT2D eigenvalue weighted by atomic mass is 10.2. The van der Waals surface area contributed by atoms with Crippen LogP contribution in [0.3, 0.4) is 0 Å². The zero-order valence-electron chi connectivity index (χ0n) is 11.1. The van der Waals surface area contributed by atoms with Crippen LogP contribution in [0.25, 0.3) is 0 Å². The molecule has 1 heterocycles. The summed E-state index contributed by atoms with van der Waals surface area (Å²) in [7, 11) is 0. The molecule has 20 heavy (non-hydrogen) atoms. The van der Waals surface area contributed by atoms with E-state index in [1.165, 1.54) is 0 Å².